The van der Waals surface area contributed by atoms with Crippen molar-refractivity contribution in [3.05, 3.63) is 34.6 Å². The van der Waals surface area contributed by atoms with Crippen molar-refractivity contribution in [1.82, 2.24) is 9.21 Å². The Bertz CT molecular complexity index is 748. The Balaban J connectivity index is 1.86. The predicted molar refractivity (Wildman–Crippen MR) is 84.7 cm³/mol. The second-order valence-corrected chi connectivity index (χ2v) is 7.63. The molecular formula is C14H16ClFN2O5S. The van der Waals surface area contributed by atoms with Crippen LogP contribution in [0.4, 0.5) is 4.39 Å². The van der Waals surface area contributed by atoms with Crippen molar-refractivity contribution >= 4 is 33.5 Å². The molecular weight excluding hydrogens is 363 g/mol. The fraction of sp³-hybridized carbons (Fsp3) is 0.429. The minimum Gasteiger partial charge on any atom is -0.452 e. The average Bonchev–Trinajstić information content (AvgIpc) is 2.51. The van der Waals surface area contributed by atoms with Gasteiger partial charge in [0.15, 0.2) is 6.61 Å². The summed E-state index contributed by atoms with van der Waals surface area (Å²) in [7, 11) is -3.28. The monoisotopic (exact) mass is 378 g/mol. The lowest BCUT2D eigenvalue weighted by Gasteiger charge is -2.33. The van der Waals surface area contributed by atoms with Crippen LogP contribution in [-0.4, -0.2) is 68.5 Å². The number of hydrogen-bond acceptors (Lipinski definition) is 5. The number of hydrogen-bond donors (Lipinski definition) is 0. The summed E-state index contributed by atoms with van der Waals surface area (Å²) in [5.41, 5.74) is -0.0345. The van der Waals surface area contributed by atoms with E-state index >= 15 is 0 Å². The molecule has 1 fully saturated rings. The van der Waals surface area contributed by atoms with Crippen LogP contribution in [-0.2, 0) is 19.6 Å². The number of halogens is 2. The van der Waals surface area contributed by atoms with Gasteiger partial charge < -0.3 is 9.64 Å². The van der Waals surface area contributed by atoms with Gasteiger partial charge in [-0.15, -0.1) is 0 Å². The predicted octanol–water partition coefficient (Wildman–Crippen LogP) is 0.740. The summed E-state index contributed by atoms with van der Waals surface area (Å²) in [4.78, 5) is 25.3. The van der Waals surface area contributed by atoms with Crippen molar-refractivity contribution in [1.29, 1.82) is 0 Å². The van der Waals surface area contributed by atoms with Gasteiger partial charge in [0.2, 0.25) is 10.0 Å². The van der Waals surface area contributed by atoms with E-state index in [1.165, 1.54) is 15.3 Å². The largest absolute Gasteiger partial charge is 0.452 e. The fourth-order valence-electron chi connectivity index (χ4n) is 2.22. The zero-order chi connectivity index (χ0) is 17.9. The first kappa shape index (κ1) is 18.6. The molecule has 1 heterocycles. The molecule has 24 heavy (non-hydrogen) atoms. The highest BCUT2D eigenvalue weighted by Crippen LogP contribution is 2.18. The van der Waals surface area contributed by atoms with Gasteiger partial charge in [0, 0.05) is 26.2 Å². The number of piperazine rings is 1. The van der Waals surface area contributed by atoms with Gasteiger partial charge in [0.1, 0.15) is 5.82 Å². The second-order valence-electron chi connectivity index (χ2n) is 5.24. The smallest absolute Gasteiger partial charge is 0.340 e. The molecule has 0 saturated carbocycles. The molecule has 0 unspecified atom stereocenters. The molecule has 1 aromatic carbocycles. The van der Waals surface area contributed by atoms with E-state index in [-0.39, 0.29) is 36.8 Å². The highest BCUT2D eigenvalue weighted by molar-refractivity contribution is 7.88. The number of carbonyl (C=O) groups excluding carboxylic acids is 2. The third-order valence-corrected chi connectivity index (χ3v) is 5.15. The van der Waals surface area contributed by atoms with E-state index in [1.807, 2.05) is 0 Å². The molecule has 1 aliphatic heterocycles. The van der Waals surface area contributed by atoms with Crippen LogP contribution in [0.2, 0.25) is 5.02 Å². The summed E-state index contributed by atoms with van der Waals surface area (Å²) in [5, 5.41) is -0.103. The van der Waals surface area contributed by atoms with Gasteiger partial charge in [0.25, 0.3) is 5.91 Å². The van der Waals surface area contributed by atoms with Crippen molar-refractivity contribution in [3.8, 4) is 0 Å². The first-order chi connectivity index (χ1) is 11.2. The number of benzene rings is 1. The van der Waals surface area contributed by atoms with Crippen molar-refractivity contribution in [3.63, 3.8) is 0 Å². The number of amides is 1. The molecule has 132 valence electrons. The Labute approximate surface area is 144 Å². The van der Waals surface area contributed by atoms with E-state index in [9.17, 15) is 22.4 Å². The molecule has 2 rings (SSSR count). The Morgan fingerprint density at radius 2 is 1.88 bits per heavy atom. The number of rotatable bonds is 4. The lowest BCUT2D eigenvalue weighted by atomic mass is 10.2. The van der Waals surface area contributed by atoms with Crippen LogP contribution in [0.15, 0.2) is 18.2 Å². The summed E-state index contributed by atoms with van der Waals surface area (Å²) in [5.74, 6) is -1.85. The molecule has 10 heteroatoms. The highest BCUT2D eigenvalue weighted by atomic mass is 35.5. The van der Waals surface area contributed by atoms with E-state index in [0.29, 0.717) is 0 Å². The molecule has 0 aromatic heterocycles. The van der Waals surface area contributed by atoms with Gasteiger partial charge in [-0.3, -0.25) is 4.79 Å². The van der Waals surface area contributed by atoms with Crippen LogP contribution in [0.5, 0.6) is 0 Å². The van der Waals surface area contributed by atoms with Crippen molar-refractivity contribution in [2.75, 3.05) is 39.0 Å². The molecule has 0 aliphatic carbocycles. The third-order valence-electron chi connectivity index (χ3n) is 3.54. The maximum atomic E-state index is 12.9. The van der Waals surface area contributed by atoms with Gasteiger partial charge in [-0.25, -0.2) is 17.6 Å². The zero-order valence-corrected chi connectivity index (χ0v) is 14.4. The van der Waals surface area contributed by atoms with E-state index in [1.54, 1.807) is 0 Å². The van der Waals surface area contributed by atoms with Crippen molar-refractivity contribution < 1.29 is 27.1 Å². The second kappa shape index (κ2) is 7.45. The third kappa shape index (κ3) is 4.65. The number of carbonyl (C=O) groups is 2. The molecule has 1 saturated heterocycles. The van der Waals surface area contributed by atoms with Gasteiger partial charge in [-0.05, 0) is 18.2 Å². The SMILES string of the molecule is CS(=O)(=O)N1CCN(C(=O)COC(=O)c2ccc(F)cc2Cl)CC1. The lowest BCUT2D eigenvalue weighted by Crippen LogP contribution is -2.51. The van der Waals surface area contributed by atoms with Gasteiger partial charge in [-0.1, -0.05) is 11.6 Å². The summed E-state index contributed by atoms with van der Waals surface area (Å²) in [6, 6.07) is 3.22. The van der Waals surface area contributed by atoms with Crippen LogP contribution in [0.3, 0.4) is 0 Å². The summed E-state index contributed by atoms with van der Waals surface area (Å²) < 4.78 is 41.9. The van der Waals surface area contributed by atoms with Crippen LogP contribution in [0.25, 0.3) is 0 Å². The molecule has 0 N–H and O–H groups in total. The molecule has 1 amide bonds. The van der Waals surface area contributed by atoms with Crippen LogP contribution in [0.1, 0.15) is 10.4 Å². The molecule has 1 aliphatic rings. The summed E-state index contributed by atoms with van der Waals surface area (Å²) in [6.45, 7) is 0.345. The molecule has 0 radical (unpaired) electrons. The summed E-state index contributed by atoms with van der Waals surface area (Å²) in [6.07, 6.45) is 1.11. The van der Waals surface area contributed by atoms with Crippen LogP contribution in [0, 0.1) is 5.82 Å². The van der Waals surface area contributed by atoms with E-state index in [4.69, 9.17) is 16.3 Å². The quantitative estimate of drug-likeness (QED) is 0.721. The number of ether oxygens (including phenoxy) is 1. The average molecular weight is 379 g/mol. The Hall–Kier alpha value is -1.71. The molecule has 0 spiro atoms. The molecule has 0 bridgehead atoms. The number of sulfonamides is 1. The highest BCUT2D eigenvalue weighted by Gasteiger charge is 2.26. The first-order valence-corrected chi connectivity index (χ1v) is 9.26. The maximum absolute atomic E-state index is 12.9. The van der Waals surface area contributed by atoms with Crippen LogP contribution >= 0.6 is 11.6 Å². The standard InChI is InChI=1S/C14H16ClFN2O5S/c1-24(21,22)18-6-4-17(5-7-18)13(19)9-23-14(20)11-3-2-10(16)8-12(11)15/h2-3,8H,4-7,9H2,1H3. The van der Waals surface area contributed by atoms with Crippen LogP contribution < -0.4 is 0 Å². The normalized spacial score (nSPS) is 16.0. The molecule has 0 atom stereocenters. The Kier molecular flexibility index (Phi) is 5.79. The minimum atomic E-state index is -3.28. The lowest BCUT2D eigenvalue weighted by molar-refractivity contribution is -0.135. The van der Waals surface area contributed by atoms with E-state index in [2.05, 4.69) is 0 Å². The van der Waals surface area contributed by atoms with Crippen molar-refractivity contribution in [2.24, 2.45) is 0 Å². The number of nitrogens with zero attached hydrogens (tertiary/aromatic N) is 2. The Morgan fingerprint density at radius 1 is 1.25 bits per heavy atom. The fourth-order valence-corrected chi connectivity index (χ4v) is 3.29. The van der Waals surface area contributed by atoms with Gasteiger partial charge in [0.05, 0.1) is 16.8 Å². The first-order valence-electron chi connectivity index (χ1n) is 7.03. The maximum Gasteiger partial charge on any atom is 0.340 e. The van der Waals surface area contributed by atoms with E-state index < -0.39 is 34.3 Å². The van der Waals surface area contributed by atoms with Gasteiger partial charge in [-0.2, -0.15) is 4.31 Å². The minimum absolute atomic E-state index is 0.0345. The van der Waals surface area contributed by atoms with E-state index in [0.717, 1.165) is 18.4 Å². The Morgan fingerprint density at radius 3 is 2.42 bits per heavy atom. The molecule has 7 nitrogen and oxygen atoms in total. The summed E-state index contributed by atoms with van der Waals surface area (Å²) >= 11 is 5.75. The topological polar surface area (TPSA) is 84.0 Å². The van der Waals surface area contributed by atoms with Gasteiger partial charge >= 0.3 is 5.97 Å². The molecule has 1 aromatic rings. The van der Waals surface area contributed by atoms with Crippen molar-refractivity contribution in [2.45, 2.75) is 0 Å². The zero-order valence-electron chi connectivity index (χ0n) is 12.9. The number of esters is 1.